The van der Waals surface area contributed by atoms with Crippen LogP contribution >= 0.6 is 0 Å². The highest BCUT2D eigenvalue weighted by atomic mass is 16.2. The first-order valence-electron chi connectivity index (χ1n) is 8.53. The molecule has 3 heteroatoms. The monoisotopic (exact) mass is 280 g/mol. The third-order valence-electron chi connectivity index (χ3n) is 5.33. The minimum atomic E-state index is 0.0619. The van der Waals surface area contributed by atoms with Crippen molar-refractivity contribution in [1.82, 2.24) is 10.2 Å². The van der Waals surface area contributed by atoms with E-state index in [1.54, 1.807) is 0 Å². The summed E-state index contributed by atoms with van der Waals surface area (Å²) in [4.78, 5) is 15.0. The van der Waals surface area contributed by atoms with E-state index < -0.39 is 0 Å². The van der Waals surface area contributed by atoms with E-state index in [1.807, 2.05) is 0 Å². The average molecular weight is 280 g/mol. The molecule has 2 rings (SSSR count). The van der Waals surface area contributed by atoms with Crippen LogP contribution in [0.15, 0.2) is 0 Å². The summed E-state index contributed by atoms with van der Waals surface area (Å²) in [5.74, 6) is 2.37. The number of carbonyl (C=O) groups is 1. The van der Waals surface area contributed by atoms with Crippen LogP contribution in [0.25, 0.3) is 0 Å². The molecule has 0 bridgehead atoms. The van der Waals surface area contributed by atoms with Crippen LogP contribution in [-0.4, -0.2) is 29.1 Å². The van der Waals surface area contributed by atoms with E-state index in [-0.39, 0.29) is 12.2 Å². The van der Waals surface area contributed by atoms with Crippen LogP contribution in [0.2, 0.25) is 0 Å². The Morgan fingerprint density at radius 3 is 2.50 bits per heavy atom. The van der Waals surface area contributed by atoms with Gasteiger partial charge in [0, 0.05) is 6.04 Å². The first-order chi connectivity index (χ1) is 9.45. The van der Waals surface area contributed by atoms with Gasteiger partial charge in [-0.1, -0.05) is 41.0 Å². The predicted octanol–water partition coefficient (Wildman–Crippen LogP) is 3.39. The van der Waals surface area contributed by atoms with Crippen LogP contribution in [0, 0.1) is 17.8 Å². The zero-order chi connectivity index (χ0) is 14.9. The molecule has 2 aliphatic rings. The van der Waals surface area contributed by atoms with Crippen molar-refractivity contribution < 1.29 is 4.79 Å². The van der Waals surface area contributed by atoms with Crippen LogP contribution in [-0.2, 0) is 4.79 Å². The molecule has 0 aromatic heterocycles. The minimum absolute atomic E-state index is 0.0619. The zero-order valence-corrected chi connectivity index (χ0v) is 13.9. The second-order valence-electron chi connectivity index (χ2n) is 7.38. The molecular weight excluding hydrogens is 248 g/mol. The summed E-state index contributed by atoms with van der Waals surface area (Å²) in [6.07, 6.45) is 5.83. The largest absolute Gasteiger partial charge is 0.323 e. The normalized spacial score (nSPS) is 38.2. The zero-order valence-electron chi connectivity index (χ0n) is 13.9. The van der Waals surface area contributed by atoms with Crippen molar-refractivity contribution in [1.29, 1.82) is 0 Å². The van der Waals surface area contributed by atoms with Crippen molar-refractivity contribution in [2.45, 2.75) is 85.0 Å². The lowest BCUT2D eigenvalue weighted by molar-refractivity contribution is -0.133. The van der Waals surface area contributed by atoms with Gasteiger partial charge >= 0.3 is 0 Å². The van der Waals surface area contributed by atoms with Gasteiger partial charge < -0.3 is 4.90 Å². The SMILES string of the molecule is CCCC1NC(CC(C)C)N(C2CCC(C)C2C)C1=O. The maximum absolute atomic E-state index is 12.8. The molecule has 1 aliphatic carbocycles. The second kappa shape index (κ2) is 6.46. The summed E-state index contributed by atoms with van der Waals surface area (Å²) in [5.41, 5.74) is 0. The van der Waals surface area contributed by atoms with E-state index in [9.17, 15) is 4.79 Å². The Kier molecular flexibility index (Phi) is 5.11. The topological polar surface area (TPSA) is 32.3 Å². The smallest absolute Gasteiger partial charge is 0.241 e. The molecule has 1 amide bonds. The molecule has 1 aliphatic heterocycles. The average Bonchev–Trinajstić information content (AvgIpc) is 2.83. The third-order valence-corrected chi connectivity index (χ3v) is 5.33. The van der Waals surface area contributed by atoms with Gasteiger partial charge in [0.2, 0.25) is 5.91 Å². The molecule has 0 radical (unpaired) electrons. The number of rotatable bonds is 5. The van der Waals surface area contributed by atoms with Gasteiger partial charge in [0.05, 0.1) is 12.2 Å². The predicted molar refractivity (Wildman–Crippen MR) is 83.3 cm³/mol. The molecule has 3 nitrogen and oxygen atoms in total. The van der Waals surface area contributed by atoms with Crippen LogP contribution in [0.1, 0.15) is 66.7 Å². The Morgan fingerprint density at radius 2 is 2.00 bits per heavy atom. The Hall–Kier alpha value is -0.570. The third kappa shape index (κ3) is 3.03. The molecule has 1 saturated heterocycles. The fraction of sp³-hybridized carbons (Fsp3) is 0.941. The molecular formula is C17H32N2O. The van der Waals surface area contributed by atoms with E-state index in [1.165, 1.54) is 12.8 Å². The summed E-state index contributed by atoms with van der Waals surface area (Å²) in [5, 5.41) is 3.61. The molecule has 1 N–H and O–H groups in total. The molecule has 20 heavy (non-hydrogen) atoms. The summed E-state index contributed by atoms with van der Waals surface area (Å²) in [6.45, 7) is 11.3. The van der Waals surface area contributed by atoms with Gasteiger partial charge in [-0.25, -0.2) is 0 Å². The molecule has 0 aromatic carbocycles. The molecule has 0 spiro atoms. The van der Waals surface area contributed by atoms with Crippen molar-refractivity contribution in [3.8, 4) is 0 Å². The van der Waals surface area contributed by atoms with Crippen molar-refractivity contribution in [2.24, 2.45) is 17.8 Å². The lowest BCUT2D eigenvalue weighted by atomic mass is 9.96. The van der Waals surface area contributed by atoms with Gasteiger partial charge in [0.15, 0.2) is 0 Å². The minimum Gasteiger partial charge on any atom is -0.323 e. The Morgan fingerprint density at radius 1 is 1.30 bits per heavy atom. The highest BCUT2D eigenvalue weighted by molar-refractivity contribution is 5.84. The van der Waals surface area contributed by atoms with E-state index in [0.717, 1.165) is 25.2 Å². The van der Waals surface area contributed by atoms with Crippen LogP contribution in [0.4, 0.5) is 0 Å². The summed E-state index contributed by atoms with van der Waals surface area (Å²) < 4.78 is 0. The second-order valence-corrected chi connectivity index (χ2v) is 7.38. The Balaban J connectivity index is 2.15. The van der Waals surface area contributed by atoms with Gasteiger partial charge in [-0.05, 0) is 43.4 Å². The Labute approximate surface area is 124 Å². The van der Waals surface area contributed by atoms with Gasteiger partial charge in [-0.15, -0.1) is 0 Å². The summed E-state index contributed by atoms with van der Waals surface area (Å²) in [6, 6.07) is 0.516. The van der Waals surface area contributed by atoms with Gasteiger partial charge in [0.25, 0.3) is 0 Å². The molecule has 1 saturated carbocycles. The molecule has 0 aromatic rings. The molecule has 116 valence electrons. The fourth-order valence-electron chi connectivity index (χ4n) is 3.97. The van der Waals surface area contributed by atoms with E-state index in [0.29, 0.717) is 23.8 Å². The maximum atomic E-state index is 12.8. The number of amides is 1. The molecule has 5 atom stereocenters. The van der Waals surface area contributed by atoms with Gasteiger partial charge in [-0.2, -0.15) is 0 Å². The lowest BCUT2D eigenvalue weighted by Gasteiger charge is -2.34. The van der Waals surface area contributed by atoms with Crippen molar-refractivity contribution in [3.05, 3.63) is 0 Å². The van der Waals surface area contributed by atoms with Crippen LogP contribution in [0.3, 0.4) is 0 Å². The van der Waals surface area contributed by atoms with E-state index >= 15 is 0 Å². The van der Waals surface area contributed by atoms with Crippen molar-refractivity contribution in [2.75, 3.05) is 0 Å². The quantitative estimate of drug-likeness (QED) is 0.837. The van der Waals surface area contributed by atoms with Crippen LogP contribution < -0.4 is 5.32 Å². The number of hydrogen-bond acceptors (Lipinski definition) is 2. The van der Waals surface area contributed by atoms with E-state index in [4.69, 9.17) is 0 Å². The number of hydrogen-bond donors (Lipinski definition) is 1. The van der Waals surface area contributed by atoms with Crippen molar-refractivity contribution in [3.63, 3.8) is 0 Å². The Bertz CT molecular complexity index is 342. The summed E-state index contributed by atoms with van der Waals surface area (Å²) >= 11 is 0. The molecule has 1 heterocycles. The standard InChI is InChI=1S/C17H32N2O/c1-6-7-14-17(20)19(16(18-14)10-11(2)3)15-9-8-12(4)13(15)5/h11-16,18H,6-10H2,1-5H3. The van der Waals surface area contributed by atoms with Crippen molar-refractivity contribution >= 4 is 5.91 Å². The fourth-order valence-corrected chi connectivity index (χ4v) is 3.97. The van der Waals surface area contributed by atoms with E-state index in [2.05, 4.69) is 44.8 Å². The molecule has 2 fully saturated rings. The maximum Gasteiger partial charge on any atom is 0.241 e. The van der Waals surface area contributed by atoms with Gasteiger partial charge in [0.1, 0.15) is 0 Å². The highest BCUT2D eigenvalue weighted by Gasteiger charge is 2.46. The number of carbonyl (C=O) groups excluding carboxylic acids is 1. The van der Waals surface area contributed by atoms with Crippen LogP contribution in [0.5, 0.6) is 0 Å². The first-order valence-corrected chi connectivity index (χ1v) is 8.53. The highest BCUT2D eigenvalue weighted by Crippen LogP contribution is 2.38. The van der Waals surface area contributed by atoms with Gasteiger partial charge in [-0.3, -0.25) is 10.1 Å². The number of nitrogens with one attached hydrogen (secondary N) is 1. The summed E-state index contributed by atoms with van der Waals surface area (Å²) in [7, 11) is 0. The molecule has 5 unspecified atom stereocenters. The number of nitrogens with zero attached hydrogens (tertiary/aromatic N) is 1. The first kappa shape index (κ1) is 15.8. The lowest BCUT2D eigenvalue weighted by Crippen LogP contribution is -2.46.